The molecule has 0 saturated heterocycles. The summed E-state index contributed by atoms with van der Waals surface area (Å²) in [5.41, 5.74) is 1.56. The highest BCUT2D eigenvalue weighted by Gasteiger charge is 2.58. The summed E-state index contributed by atoms with van der Waals surface area (Å²) in [4.78, 5) is 23.8. The fourth-order valence-corrected chi connectivity index (χ4v) is 3.43. The van der Waals surface area contributed by atoms with Crippen LogP contribution in [0.1, 0.15) is 31.1 Å². The van der Waals surface area contributed by atoms with E-state index in [1.165, 1.54) is 0 Å². The van der Waals surface area contributed by atoms with Crippen LogP contribution in [0.15, 0.2) is 42.5 Å². The molecule has 1 heterocycles. The number of benzene rings is 2. The van der Waals surface area contributed by atoms with Gasteiger partial charge >= 0.3 is 17.7 Å². The van der Waals surface area contributed by atoms with E-state index in [1.807, 2.05) is 6.92 Å². The Kier molecular flexibility index (Phi) is 7.04. The number of carboxylic acids is 1. The smallest absolute Gasteiger partial charge is 0.453 e. The number of fused-ring (bicyclic) bond motifs is 1. The van der Waals surface area contributed by atoms with Crippen molar-refractivity contribution in [3.05, 3.63) is 58.6 Å². The van der Waals surface area contributed by atoms with Crippen LogP contribution in [0.4, 0.5) is 0 Å². The summed E-state index contributed by atoms with van der Waals surface area (Å²) in [7, 11) is 0. The number of esters is 1. The van der Waals surface area contributed by atoms with Gasteiger partial charge in [0.05, 0.1) is 12.7 Å². The van der Waals surface area contributed by atoms with E-state index in [1.54, 1.807) is 49.4 Å². The van der Waals surface area contributed by atoms with E-state index in [4.69, 9.17) is 25.8 Å². The fourth-order valence-electron chi connectivity index (χ4n) is 3.23. The van der Waals surface area contributed by atoms with Crippen LogP contribution in [0.25, 0.3) is 0 Å². The van der Waals surface area contributed by atoms with Gasteiger partial charge in [0.1, 0.15) is 0 Å². The summed E-state index contributed by atoms with van der Waals surface area (Å²) in [6, 6.07) is 12.0. The Morgan fingerprint density at radius 3 is 2.61 bits per heavy atom. The van der Waals surface area contributed by atoms with Gasteiger partial charge in [0.25, 0.3) is 0 Å². The molecular weight excluding hydrogens is 426 g/mol. The van der Waals surface area contributed by atoms with Gasteiger partial charge in [0.2, 0.25) is 0 Å². The Morgan fingerprint density at radius 1 is 1.19 bits per heavy atom. The molecule has 9 heteroatoms. The monoisotopic (exact) mass is 449 g/mol. The Balaban J connectivity index is 1.62. The summed E-state index contributed by atoms with van der Waals surface area (Å²) in [6.07, 6.45) is -0.142. The van der Waals surface area contributed by atoms with Gasteiger partial charge in [-0.1, -0.05) is 29.8 Å². The maximum absolute atomic E-state index is 12.1. The maximum atomic E-state index is 12.1. The van der Waals surface area contributed by atoms with Gasteiger partial charge in [-0.2, -0.15) is 0 Å². The van der Waals surface area contributed by atoms with Crippen LogP contribution >= 0.6 is 11.6 Å². The lowest BCUT2D eigenvalue weighted by Crippen LogP contribution is -2.55. The number of nitrogens with one attached hydrogen (secondary N) is 1. The van der Waals surface area contributed by atoms with Crippen LogP contribution in [0.5, 0.6) is 11.5 Å². The van der Waals surface area contributed by atoms with Crippen molar-refractivity contribution in [1.29, 1.82) is 0 Å². The number of rotatable bonds is 9. The molecule has 0 spiro atoms. The minimum absolute atomic E-state index is 0.00754. The van der Waals surface area contributed by atoms with E-state index in [-0.39, 0.29) is 24.1 Å². The summed E-state index contributed by atoms with van der Waals surface area (Å²) >= 11 is 5.96. The van der Waals surface area contributed by atoms with Gasteiger partial charge in [-0.25, -0.2) is 9.59 Å². The Bertz CT molecular complexity index is 967. The van der Waals surface area contributed by atoms with Crippen molar-refractivity contribution < 1.29 is 34.0 Å². The number of aliphatic carboxylic acids is 1. The number of carbonyl (C=O) groups is 2. The molecule has 1 aliphatic heterocycles. The predicted molar refractivity (Wildman–Crippen MR) is 112 cm³/mol. The van der Waals surface area contributed by atoms with Gasteiger partial charge in [-0.15, -0.1) is 0 Å². The Morgan fingerprint density at radius 2 is 1.94 bits per heavy atom. The first-order chi connectivity index (χ1) is 14.7. The van der Waals surface area contributed by atoms with Crippen molar-refractivity contribution in [2.45, 2.75) is 38.2 Å². The molecule has 0 bridgehead atoms. The van der Waals surface area contributed by atoms with Crippen LogP contribution in [0, 0.1) is 0 Å². The van der Waals surface area contributed by atoms with Crippen LogP contribution < -0.4 is 14.8 Å². The summed E-state index contributed by atoms with van der Waals surface area (Å²) < 4.78 is 15.5. The Labute approximate surface area is 184 Å². The molecule has 0 radical (unpaired) electrons. The second-order valence-corrected chi connectivity index (χ2v) is 7.65. The number of carbonyl (C=O) groups excluding carboxylic acids is 1. The zero-order chi connectivity index (χ0) is 22.6. The van der Waals surface area contributed by atoms with Crippen molar-refractivity contribution in [3.8, 4) is 11.5 Å². The lowest BCUT2D eigenvalue weighted by Gasteiger charge is -2.20. The highest BCUT2D eigenvalue weighted by Crippen LogP contribution is 2.41. The molecule has 3 rings (SSSR count). The van der Waals surface area contributed by atoms with Crippen molar-refractivity contribution >= 4 is 23.5 Å². The first-order valence-electron chi connectivity index (χ1n) is 9.83. The average molecular weight is 450 g/mol. The third-order valence-corrected chi connectivity index (χ3v) is 5.01. The van der Waals surface area contributed by atoms with Crippen molar-refractivity contribution in [1.82, 2.24) is 5.32 Å². The number of aliphatic hydroxyl groups is 1. The minimum atomic E-state index is -2.54. The molecule has 8 nitrogen and oxygen atoms in total. The second kappa shape index (κ2) is 9.55. The zero-order valence-electron chi connectivity index (χ0n) is 17.1. The quantitative estimate of drug-likeness (QED) is 0.395. The zero-order valence-corrected chi connectivity index (χ0v) is 17.9. The molecule has 3 N–H and O–H groups in total. The van der Waals surface area contributed by atoms with Gasteiger partial charge in [-0.05, 0) is 55.7 Å². The van der Waals surface area contributed by atoms with Crippen LogP contribution in [0.3, 0.4) is 0 Å². The normalized spacial score (nSPS) is 19.0. The molecule has 0 aromatic heterocycles. The first kappa shape index (κ1) is 22.9. The molecule has 31 heavy (non-hydrogen) atoms. The lowest BCUT2D eigenvalue weighted by molar-refractivity contribution is -0.198. The third-order valence-electron chi connectivity index (χ3n) is 4.78. The summed E-state index contributed by atoms with van der Waals surface area (Å²) in [6.45, 7) is 3.84. The molecule has 0 fully saturated rings. The lowest BCUT2D eigenvalue weighted by atomic mass is 10.1. The van der Waals surface area contributed by atoms with Crippen molar-refractivity contribution in [3.63, 3.8) is 0 Å². The fraction of sp³-hybridized carbons (Fsp3) is 0.364. The molecule has 0 amide bonds. The number of carboxylic acid groups (broad SMARTS) is 1. The van der Waals surface area contributed by atoms with Crippen molar-refractivity contribution in [2.75, 3.05) is 13.2 Å². The Hall–Kier alpha value is -2.81. The predicted octanol–water partition coefficient (Wildman–Crippen LogP) is 2.71. The molecule has 1 unspecified atom stereocenters. The summed E-state index contributed by atoms with van der Waals surface area (Å²) in [5.74, 6) is -4.95. The average Bonchev–Trinajstić information content (AvgIpc) is 3.12. The standard InChI is InChI=1S/C22H24ClNO7/c1-3-29-21(28)22(20(26)27)30-18-8-7-14(10-19(18)31-22)9-13(2)24-12-17(25)15-5-4-6-16(23)11-15/h4-8,10-11,13,17,24-25H,3,9,12H2,1-2H3,(H,26,27)/t13-,17+,22?/m1/s1. The second-order valence-electron chi connectivity index (χ2n) is 7.21. The van der Waals surface area contributed by atoms with Crippen molar-refractivity contribution in [2.24, 2.45) is 0 Å². The maximum Gasteiger partial charge on any atom is 0.453 e. The molecule has 2 aromatic carbocycles. The number of hydrogen-bond donors (Lipinski definition) is 3. The molecule has 3 atom stereocenters. The highest BCUT2D eigenvalue weighted by atomic mass is 35.5. The largest absolute Gasteiger partial charge is 0.475 e. The van der Waals surface area contributed by atoms with E-state index in [9.17, 15) is 19.8 Å². The molecule has 1 aliphatic rings. The number of halogens is 1. The van der Waals surface area contributed by atoms with E-state index in [2.05, 4.69) is 5.32 Å². The summed E-state index contributed by atoms with van der Waals surface area (Å²) in [5, 5.41) is 23.6. The molecule has 0 aliphatic carbocycles. The van der Waals surface area contributed by atoms with Crippen LogP contribution in [-0.4, -0.2) is 47.1 Å². The topological polar surface area (TPSA) is 114 Å². The number of ether oxygens (including phenoxy) is 3. The van der Waals surface area contributed by atoms with Crippen LogP contribution in [0.2, 0.25) is 5.02 Å². The number of hydrogen-bond acceptors (Lipinski definition) is 7. The molecule has 2 aromatic rings. The molecule has 166 valence electrons. The van der Waals surface area contributed by atoms with Gasteiger partial charge in [0.15, 0.2) is 11.5 Å². The minimum Gasteiger partial charge on any atom is -0.475 e. The SMILES string of the molecule is CCOC(=O)C1(C(=O)O)Oc2ccc(C[C@@H](C)NC[C@H](O)c3cccc(Cl)c3)cc2O1. The van der Waals surface area contributed by atoms with E-state index in [0.29, 0.717) is 18.0 Å². The highest BCUT2D eigenvalue weighted by molar-refractivity contribution is 6.30. The first-order valence-corrected chi connectivity index (χ1v) is 10.2. The van der Waals surface area contributed by atoms with E-state index >= 15 is 0 Å². The van der Waals surface area contributed by atoms with Crippen LogP contribution in [-0.2, 0) is 20.7 Å². The van der Waals surface area contributed by atoms with E-state index < -0.39 is 23.8 Å². The third kappa shape index (κ3) is 5.10. The molecular formula is C22H24ClNO7. The van der Waals surface area contributed by atoms with Gasteiger partial charge in [0, 0.05) is 17.6 Å². The molecule has 0 saturated carbocycles. The van der Waals surface area contributed by atoms with Gasteiger partial charge < -0.3 is 29.7 Å². The van der Waals surface area contributed by atoms with E-state index in [0.717, 1.165) is 11.1 Å². The number of aliphatic hydroxyl groups excluding tert-OH is 1. The van der Waals surface area contributed by atoms with Gasteiger partial charge in [-0.3, -0.25) is 0 Å².